The monoisotopic (exact) mass is 382 g/mol. The van der Waals surface area contributed by atoms with E-state index in [1.165, 1.54) is 18.2 Å². The summed E-state index contributed by atoms with van der Waals surface area (Å²) in [5.74, 6) is 0.315. The Balaban J connectivity index is 1.68. The van der Waals surface area contributed by atoms with Crippen LogP contribution in [0.5, 0.6) is 11.6 Å². The highest BCUT2D eigenvalue weighted by molar-refractivity contribution is 5.78. The highest BCUT2D eigenvalue weighted by atomic mass is 19.1. The minimum absolute atomic E-state index is 0.0885. The summed E-state index contributed by atoms with van der Waals surface area (Å²) in [7, 11) is 0. The van der Waals surface area contributed by atoms with Gasteiger partial charge < -0.3 is 15.0 Å². The minimum atomic E-state index is -0.421. The second-order valence-electron chi connectivity index (χ2n) is 6.20. The molecule has 0 bridgehead atoms. The van der Waals surface area contributed by atoms with Gasteiger partial charge in [-0.2, -0.15) is 0 Å². The summed E-state index contributed by atoms with van der Waals surface area (Å²) in [4.78, 5) is 35.2. The van der Waals surface area contributed by atoms with E-state index in [1.54, 1.807) is 38.2 Å². The molecule has 0 aliphatic carbocycles. The fourth-order valence-electron chi connectivity index (χ4n) is 2.67. The number of ether oxygens (including phenoxy) is 1. The van der Waals surface area contributed by atoms with Crippen LogP contribution in [0.2, 0.25) is 0 Å². The number of aryl methyl sites for hydroxylation is 2. The molecule has 1 amide bonds. The Hall–Kier alpha value is -3.55. The maximum absolute atomic E-state index is 13.3. The van der Waals surface area contributed by atoms with Crippen LogP contribution in [0.3, 0.4) is 0 Å². The second kappa shape index (κ2) is 8.43. The highest BCUT2D eigenvalue weighted by Crippen LogP contribution is 2.23. The third-order valence-electron chi connectivity index (χ3n) is 4.01. The van der Waals surface area contributed by atoms with Crippen molar-refractivity contribution in [2.24, 2.45) is 0 Å². The average Bonchev–Trinajstić information content (AvgIpc) is 2.64. The van der Waals surface area contributed by atoms with Gasteiger partial charge in [-0.25, -0.2) is 14.4 Å². The van der Waals surface area contributed by atoms with E-state index >= 15 is 0 Å². The van der Waals surface area contributed by atoms with Gasteiger partial charge in [0.15, 0.2) is 0 Å². The molecule has 3 aromatic rings. The molecule has 8 heteroatoms. The van der Waals surface area contributed by atoms with E-state index in [-0.39, 0.29) is 30.3 Å². The number of nitrogens with zero attached hydrogens (tertiary/aromatic N) is 2. The van der Waals surface area contributed by atoms with Gasteiger partial charge in [-0.05, 0) is 32.0 Å². The van der Waals surface area contributed by atoms with E-state index in [2.05, 4.69) is 20.3 Å². The zero-order chi connectivity index (χ0) is 20.1. The first-order valence-corrected chi connectivity index (χ1v) is 8.63. The fraction of sp³-hybridized carbons (Fsp3) is 0.200. The van der Waals surface area contributed by atoms with Gasteiger partial charge in [0.25, 0.3) is 5.56 Å². The molecule has 0 aliphatic rings. The molecule has 0 spiro atoms. The van der Waals surface area contributed by atoms with Crippen molar-refractivity contribution in [3.63, 3.8) is 0 Å². The van der Waals surface area contributed by atoms with Gasteiger partial charge in [-0.3, -0.25) is 9.59 Å². The van der Waals surface area contributed by atoms with E-state index in [9.17, 15) is 14.0 Å². The number of halogens is 1. The van der Waals surface area contributed by atoms with Gasteiger partial charge in [-0.15, -0.1) is 0 Å². The lowest BCUT2D eigenvalue weighted by Gasteiger charge is -2.11. The largest absolute Gasteiger partial charge is 0.439 e. The Morgan fingerprint density at radius 2 is 2.07 bits per heavy atom. The number of carbonyl (C=O) groups excluding carboxylic acids is 1. The second-order valence-corrected chi connectivity index (χ2v) is 6.20. The molecule has 7 nitrogen and oxygen atoms in total. The predicted octanol–water partition coefficient (Wildman–Crippen LogP) is 2.57. The summed E-state index contributed by atoms with van der Waals surface area (Å²) in [6, 6.07) is 9.16. The van der Waals surface area contributed by atoms with Gasteiger partial charge in [-0.1, -0.05) is 12.1 Å². The number of carbonyl (C=O) groups is 1. The molecule has 0 unspecified atom stereocenters. The molecule has 3 rings (SSSR count). The van der Waals surface area contributed by atoms with Crippen molar-refractivity contribution in [1.82, 2.24) is 20.3 Å². The van der Waals surface area contributed by atoms with Crippen LogP contribution in [0.25, 0.3) is 0 Å². The van der Waals surface area contributed by atoms with E-state index in [0.29, 0.717) is 28.4 Å². The quantitative estimate of drug-likeness (QED) is 0.683. The highest BCUT2D eigenvalue weighted by Gasteiger charge is 2.13. The number of hydrogen-bond donors (Lipinski definition) is 2. The van der Waals surface area contributed by atoms with E-state index in [1.807, 2.05) is 0 Å². The molecule has 0 saturated heterocycles. The Labute approximate surface area is 160 Å². The van der Waals surface area contributed by atoms with Crippen molar-refractivity contribution in [3.05, 3.63) is 81.4 Å². The fourth-order valence-corrected chi connectivity index (χ4v) is 2.67. The Morgan fingerprint density at radius 3 is 2.82 bits per heavy atom. The van der Waals surface area contributed by atoms with Crippen molar-refractivity contribution in [1.29, 1.82) is 0 Å². The summed E-state index contributed by atoms with van der Waals surface area (Å²) < 4.78 is 19.0. The maximum atomic E-state index is 13.3. The van der Waals surface area contributed by atoms with Crippen LogP contribution in [-0.4, -0.2) is 20.9 Å². The summed E-state index contributed by atoms with van der Waals surface area (Å²) in [6.07, 6.45) is 1.45. The lowest BCUT2D eigenvalue weighted by atomic mass is 10.1. The molecule has 0 aliphatic heterocycles. The van der Waals surface area contributed by atoms with Gasteiger partial charge >= 0.3 is 0 Å². The number of benzene rings is 1. The zero-order valence-electron chi connectivity index (χ0n) is 15.5. The van der Waals surface area contributed by atoms with Crippen molar-refractivity contribution < 1.29 is 13.9 Å². The lowest BCUT2D eigenvalue weighted by molar-refractivity contribution is -0.120. The SMILES string of the molecule is Cc1nc(C)c(CC(=O)NCc2cccnc2Oc2cccc(F)c2)c(=O)[nH]1. The van der Waals surface area contributed by atoms with E-state index < -0.39 is 5.82 Å². The number of hydrogen-bond acceptors (Lipinski definition) is 5. The normalized spacial score (nSPS) is 10.5. The molecule has 144 valence electrons. The third kappa shape index (κ3) is 4.79. The first kappa shape index (κ1) is 19.2. The maximum Gasteiger partial charge on any atom is 0.254 e. The van der Waals surface area contributed by atoms with Crippen LogP contribution in [0.15, 0.2) is 47.4 Å². The molecule has 2 aromatic heterocycles. The van der Waals surface area contributed by atoms with Crippen molar-refractivity contribution in [2.75, 3.05) is 0 Å². The Kier molecular flexibility index (Phi) is 5.78. The molecular formula is C20H19FN4O3. The van der Waals surface area contributed by atoms with Gasteiger partial charge in [0.1, 0.15) is 17.4 Å². The standard InChI is InChI=1S/C20H19FN4O3/c1-12-17(19(27)25-13(2)24-12)10-18(26)23-11-14-5-4-8-22-20(14)28-16-7-3-6-15(21)9-16/h3-9H,10-11H2,1-2H3,(H,23,26)(H,24,25,27). The van der Waals surface area contributed by atoms with Gasteiger partial charge in [0.05, 0.1) is 6.42 Å². The first-order chi connectivity index (χ1) is 13.4. The molecule has 0 saturated carbocycles. The van der Waals surface area contributed by atoms with Crippen LogP contribution in [0.4, 0.5) is 4.39 Å². The predicted molar refractivity (Wildman–Crippen MR) is 101 cm³/mol. The topological polar surface area (TPSA) is 97.0 Å². The molecule has 0 fully saturated rings. The number of H-pyrrole nitrogens is 1. The summed E-state index contributed by atoms with van der Waals surface area (Å²) in [5.41, 5.74) is 1.14. The smallest absolute Gasteiger partial charge is 0.254 e. The first-order valence-electron chi connectivity index (χ1n) is 8.63. The number of amides is 1. The van der Waals surface area contributed by atoms with Crippen LogP contribution in [0, 0.1) is 19.7 Å². The molecule has 1 aromatic carbocycles. The van der Waals surface area contributed by atoms with E-state index in [4.69, 9.17) is 4.74 Å². The number of nitrogens with one attached hydrogen (secondary N) is 2. The van der Waals surface area contributed by atoms with E-state index in [0.717, 1.165) is 0 Å². The third-order valence-corrected chi connectivity index (χ3v) is 4.01. The summed E-state index contributed by atoms with van der Waals surface area (Å²) >= 11 is 0. The van der Waals surface area contributed by atoms with Gasteiger partial charge in [0.2, 0.25) is 11.8 Å². The Bertz CT molecular complexity index is 1070. The summed E-state index contributed by atoms with van der Waals surface area (Å²) in [5, 5.41) is 2.74. The summed E-state index contributed by atoms with van der Waals surface area (Å²) in [6.45, 7) is 3.52. The van der Waals surface area contributed by atoms with Crippen LogP contribution >= 0.6 is 0 Å². The minimum Gasteiger partial charge on any atom is -0.439 e. The molecule has 0 atom stereocenters. The molecule has 28 heavy (non-hydrogen) atoms. The molecular weight excluding hydrogens is 363 g/mol. The molecule has 2 heterocycles. The van der Waals surface area contributed by atoms with Crippen molar-refractivity contribution in [2.45, 2.75) is 26.8 Å². The zero-order valence-corrected chi connectivity index (χ0v) is 15.5. The van der Waals surface area contributed by atoms with Crippen LogP contribution < -0.4 is 15.6 Å². The lowest BCUT2D eigenvalue weighted by Crippen LogP contribution is -2.29. The van der Waals surface area contributed by atoms with Crippen LogP contribution in [0.1, 0.15) is 22.6 Å². The number of aromatic amines is 1. The van der Waals surface area contributed by atoms with Crippen molar-refractivity contribution in [3.8, 4) is 11.6 Å². The number of aromatic nitrogens is 3. The average molecular weight is 382 g/mol. The molecule has 2 N–H and O–H groups in total. The number of rotatable bonds is 6. The Morgan fingerprint density at radius 1 is 1.25 bits per heavy atom. The molecule has 0 radical (unpaired) electrons. The number of pyridine rings is 1. The van der Waals surface area contributed by atoms with Crippen molar-refractivity contribution >= 4 is 5.91 Å². The van der Waals surface area contributed by atoms with Gasteiger partial charge in [0, 0.05) is 35.6 Å². The van der Waals surface area contributed by atoms with Crippen LogP contribution in [-0.2, 0) is 17.8 Å².